The van der Waals surface area contributed by atoms with E-state index in [0.29, 0.717) is 6.42 Å². The number of hydrogen-bond donors (Lipinski definition) is 1. The zero-order valence-corrected chi connectivity index (χ0v) is 7.29. The topological polar surface area (TPSA) is 42.0 Å². The van der Waals surface area contributed by atoms with Gasteiger partial charge in [-0.15, -0.1) is 0 Å². The highest BCUT2D eigenvalue weighted by atomic mass is 16.1. The van der Waals surface area contributed by atoms with E-state index in [9.17, 15) is 4.79 Å². The second-order valence-electron chi connectivity index (χ2n) is 2.65. The van der Waals surface area contributed by atoms with Crippen molar-refractivity contribution in [2.75, 3.05) is 5.32 Å². The summed E-state index contributed by atoms with van der Waals surface area (Å²) in [6.45, 7) is 3.76. The molecule has 0 atom stereocenters. The molecule has 0 radical (unpaired) electrons. The molecular formula is C9H12N2O. The minimum absolute atomic E-state index is 0.0161. The minimum atomic E-state index is 0.0161. The van der Waals surface area contributed by atoms with Gasteiger partial charge in [0.25, 0.3) is 0 Å². The molecule has 0 spiro atoms. The van der Waals surface area contributed by atoms with E-state index < -0.39 is 0 Å². The SMILES string of the molecule is CCC(=O)Nc1cncc(C)c1. The summed E-state index contributed by atoms with van der Waals surface area (Å²) in [5, 5.41) is 2.73. The Hall–Kier alpha value is -1.38. The Morgan fingerprint density at radius 2 is 2.33 bits per heavy atom. The normalized spacial score (nSPS) is 9.50. The molecule has 3 nitrogen and oxygen atoms in total. The lowest BCUT2D eigenvalue weighted by atomic mass is 10.3. The molecule has 1 heterocycles. The first-order valence-corrected chi connectivity index (χ1v) is 3.94. The van der Waals surface area contributed by atoms with Crippen LogP contribution in [0.25, 0.3) is 0 Å². The molecule has 3 heteroatoms. The molecule has 64 valence electrons. The molecule has 1 N–H and O–H groups in total. The Labute approximate surface area is 71.8 Å². The predicted molar refractivity (Wildman–Crippen MR) is 47.9 cm³/mol. The van der Waals surface area contributed by atoms with Gasteiger partial charge in [-0.2, -0.15) is 0 Å². The van der Waals surface area contributed by atoms with Crippen LogP contribution in [0.15, 0.2) is 18.5 Å². The molecule has 0 saturated heterocycles. The van der Waals surface area contributed by atoms with Crippen LogP contribution in [0.4, 0.5) is 5.69 Å². The molecule has 1 rings (SSSR count). The van der Waals surface area contributed by atoms with E-state index in [0.717, 1.165) is 11.3 Å². The molecule has 0 fully saturated rings. The standard InChI is InChI=1S/C9H12N2O/c1-3-9(12)11-8-4-7(2)5-10-6-8/h4-6H,3H2,1-2H3,(H,11,12). The second-order valence-corrected chi connectivity index (χ2v) is 2.65. The first kappa shape index (κ1) is 8.71. The second kappa shape index (κ2) is 3.85. The van der Waals surface area contributed by atoms with Crippen molar-refractivity contribution >= 4 is 11.6 Å². The summed E-state index contributed by atoms with van der Waals surface area (Å²) >= 11 is 0. The van der Waals surface area contributed by atoms with Crippen molar-refractivity contribution in [2.24, 2.45) is 0 Å². The van der Waals surface area contributed by atoms with Gasteiger partial charge in [-0.25, -0.2) is 0 Å². The fourth-order valence-electron chi connectivity index (χ4n) is 0.873. The first-order chi connectivity index (χ1) is 5.72. The van der Waals surface area contributed by atoms with E-state index in [1.807, 2.05) is 19.9 Å². The highest BCUT2D eigenvalue weighted by molar-refractivity contribution is 5.90. The maximum absolute atomic E-state index is 11.0. The van der Waals surface area contributed by atoms with Crippen molar-refractivity contribution in [2.45, 2.75) is 20.3 Å². The van der Waals surface area contributed by atoms with Gasteiger partial charge in [0.2, 0.25) is 5.91 Å². The number of rotatable bonds is 2. The van der Waals surface area contributed by atoms with Gasteiger partial charge in [-0.05, 0) is 18.6 Å². The minimum Gasteiger partial charge on any atom is -0.325 e. The molecule has 0 saturated carbocycles. The van der Waals surface area contributed by atoms with Crippen LogP contribution in [0.1, 0.15) is 18.9 Å². The monoisotopic (exact) mass is 164 g/mol. The number of nitrogens with zero attached hydrogens (tertiary/aromatic N) is 1. The molecule has 12 heavy (non-hydrogen) atoms. The highest BCUT2D eigenvalue weighted by Crippen LogP contribution is 2.06. The molecule has 0 aliphatic heterocycles. The fraction of sp³-hybridized carbons (Fsp3) is 0.333. The van der Waals surface area contributed by atoms with Crippen molar-refractivity contribution in [3.05, 3.63) is 24.0 Å². The number of pyridine rings is 1. The Morgan fingerprint density at radius 3 is 2.92 bits per heavy atom. The van der Waals surface area contributed by atoms with Crippen molar-refractivity contribution in [1.29, 1.82) is 0 Å². The Kier molecular flexibility index (Phi) is 2.80. The maximum atomic E-state index is 11.0. The molecule has 1 aromatic rings. The van der Waals surface area contributed by atoms with Crippen LogP contribution in [0, 0.1) is 6.92 Å². The quantitative estimate of drug-likeness (QED) is 0.723. The third kappa shape index (κ3) is 2.34. The average molecular weight is 164 g/mol. The van der Waals surface area contributed by atoms with Gasteiger partial charge < -0.3 is 5.32 Å². The Balaban J connectivity index is 2.69. The third-order valence-electron chi connectivity index (χ3n) is 1.48. The maximum Gasteiger partial charge on any atom is 0.224 e. The molecule has 0 aliphatic rings. The lowest BCUT2D eigenvalue weighted by Gasteiger charge is -2.02. The Morgan fingerprint density at radius 1 is 1.58 bits per heavy atom. The lowest BCUT2D eigenvalue weighted by Crippen LogP contribution is -2.09. The van der Waals surface area contributed by atoms with E-state index in [4.69, 9.17) is 0 Å². The van der Waals surface area contributed by atoms with Crippen LogP contribution < -0.4 is 5.32 Å². The van der Waals surface area contributed by atoms with Crippen LogP contribution in [0.5, 0.6) is 0 Å². The van der Waals surface area contributed by atoms with Gasteiger partial charge in [-0.1, -0.05) is 6.92 Å². The molecule has 0 aliphatic carbocycles. The number of carbonyl (C=O) groups is 1. The van der Waals surface area contributed by atoms with E-state index >= 15 is 0 Å². The van der Waals surface area contributed by atoms with Crippen molar-refractivity contribution < 1.29 is 4.79 Å². The first-order valence-electron chi connectivity index (χ1n) is 3.94. The van der Waals surface area contributed by atoms with Gasteiger partial charge in [0, 0.05) is 12.6 Å². The molecule has 1 aromatic heterocycles. The van der Waals surface area contributed by atoms with Crippen LogP contribution in [-0.4, -0.2) is 10.9 Å². The molecule has 0 unspecified atom stereocenters. The molecule has 0 bridgehead atoms. The molecular weight excluding hydrogens is 152 g/mol. The lowest BCUT2D eigenvalue weighted by molar-refractivity contribution is -0.115. The van der Waals surface area contributed by atoms with Gasteiger partial charge >= 0.3 is 0 Å². The average Bonchev–Trinajstić information content (AvgIpc) is 2.04. The van der Waals surface area contributed by atoms with Gasteiger partial charge in [0.05, 0.1) is 11.9 Å². The Bertz CT molecular complexity index is 284. The third-order valence-corrected chi connectivity index (χ3v) is 1.48. The van der Waals surface area contributed by atoms with Crippen LogP contribution in [-0.2, 0) is 4.79 Å². The van der Waals surface area contributed by atoms with E-state index in [-0.39, 0.29) is 5.91 Å². The van der Waals surface area contributed by atoms with E-state index in [2.05, 4.69) is 10.3 Å². The predicted octanol–water partition coefficient (Wildman–Crippen LogP) is 1.74. The number of aromatic nitrogens is 1. The zero-order valence-electron chi connectivity index (χ0n) is 7.29. The van der Waals surface area contributed by atoms with Crippen molar-refractivity contribution in [1.82, 2.24) is 4.98 Å². The number of amides is 1. The number of aryl methyl sites for hydroxylation is 1. The van der Waals surface area contributed by atoms with Gasteiger partial charge in [0.15, 0.2) is 0 Å². The summed E-state index contributed by atoms with van der Waals surface area (Å²) < 4.78 is 0. The number of nitrogens with one attached hydrogen (secondary N) is 1. The fourth-order valence-corrected chi connectivity index (χ4v) is 0.873. The van der Waals surface area contributed by atoms with Crippen LogP contribution in [0.2, 0.25) is 0 Å². The number of hydrogen-bond acceptors (Lipinski definition) is 2. The largest absolute Gasteiger partial charge is 0.325 e. The highest BCUT2D eigenvalue weighted by Gasteiger charge is 1.97. The summed E-state index contributed by atoms with van der Waals surface area (Å²) in [5.41, 5.74) is 1.81. The van der Waals surface area contributed by atoms with Crippen molar-refractivity contribution in [3.63, 3.8) is 0 Å². The summed E-state index contributed by atoms with van der Waals surface area (Å²) in [6, 6.07) is 1.89. The summed E-state index contributed by atoms with van der Waals surface area (Å²) in [4.78, 5) is 14.9. The zero-order chi connectivity index (χ0) is 8.97. The smallest absolute Gasteiger partial charge is 0.224 e. The van der Waals surface area contributed by atoms with Crippen molar-refractivity contribution in [3.8, 4) is 0 Å². The van der Waals surface area contributed by atoms with E-state index in [1.54, 1.807) is 12.4 Å². The van der Waals surface area contributed by atoms with Gasteiger partial charge in [0.1, 0.15) is 0 Å². The van der Waals surface area contributed by atoms with Crippen LogP contribution >= 0.6 is 0 Å². The van der Waals surface area contributed by atoms with Crippen LogP contribution in [0.3, 0.4) is 0 Å². The molecule has 1 amide bonds. The summed E-state index contributed by atoms with van der Waals surface area (Å²) in [5.74, 6) is 0.0161. The number of carbonyl (C=O) groups excluding carboxylic acids is 1. The number of anilines is 1. The van der Waals surface area contributed by atoms with E-state index in [1.165, 1.54) is 0 Å². The van der Waals surface area contributed by atoms with Gasteiger partial charge in [-0.3, -0.25) is 9.78 Å². The molecule has 0 aromatic carbocycles. The summed E-state index contributed by atoms with van der Waals surface area (Å²) in [6.07, 6.45) is 3.89. The summed E-state index contributed by atoms with van der Waals surface area (Å²) in [7, 11) is 0.